The molecule has 1 atom stereocenters. The summed E-state index contributed by atoms with van der Waals surface area (Å²) >= 11 is 0. The Morgan fingerprint density at radius 1 is 1.05 bits per heavy atom. The number of aromatic nitrogens is 4. The molecule has 0 bridgehead atoms. The second-order valence-electron chi connectivity index (χ2n) is 5.85. The van der Waals surface area contributed by atoms with E-state index in [2.05, 4.69) is 25.2 Å². The van der Waals surface area contributed by atoms with Crippen molar-refractivity contribution in [3.63, 3.8) is 0 Å². The largest absolute Gasteiger partial charge is 0.339 e. The van der Waals surface area contributed by atoms with Gasteiger partial charge in [0.05, 0.1) is 12.6 Å². The minimum Gasteiger partial charge on any atom is -0.339 e. The van der Waals surface area contributed by atoms with Gasteiger partial charge >= 0.3 is 0 Å². The monoisotopic (exact) mass is 289 g/mol. The SMILES string of the molecule is CCc1nc(C2CCCN2Cc2nc(C3CC3)no2)no1. The molecule has 0 amide bonds. The molecule has 3 heterocycles. The smallest absolute Gasteiger partial charge is 0.240 e. The fraction of sp³-hybridized carbons (Fsp3) is 0.714. The molecule has 2 aliphatic rings. The Bertz CT molecular complexity index is 618. The number of nitrogens with zero attached hydrogens (tertiary/aromatic N) is 5. The average Bonchev–Trinajstić information content (AvgIpc) is 2.94. The molecule has 0 radical (unpaired) electrons. The van der Waals surface area contributed by atoms with Crippen LogP contribution in [-0.4, -0.2) is 31.7 Å². The van der Waals surface area contributed by atoms with Crippen LogP contribution in [0, 0.1) is 0 Å². The van der Waals surface area contributed by atoms with Gasteiger partial charge in [-0.05, 0) is 32.2 Å². The van der Waals surface area contributed by atoms with E-state index in [-0.39, 0.29) is 6.04 Å². The molecule has 7 heteroatoms. The van der Waals surface area contributed by atoms with Gasteiger partial charge in [0.1, 0.15) is 0 Å². The summed E-state index contributed by atoms with van der Waals surface area (Å²) in [5.41, 5.74) is 0. The van der Waals surface area contributed by atoms with Crippen molar-refractivity contribution in [3.8, 4) is 0 Å². The highest BCUT2D eigenvalue weighted by Gasteiger charge is 2.33. The van der Waals surface area contributed by atoms with E-state index in [1.807, 2.05) is 6.92 Å². The van der Waals surface area contributed by atoms with Gasteiger partial charge in [0.25, 0.3) is 0 Å². The van der Waals surface area contributed by atoms with Crippen molar-refractivity contribution in [2.24, 2.45) is 0 Å². The molecule has 4 rings (SSSR count). The third kappa shape index (κ3) is 2.57. The van der Waals surface area contributed by atoms with E-state index in [9.17, 15) is 0 Å². The topological polar surface area (TPSA) is 81.1 Å². The van der Waals surface area contributed by atoms with E-state index >= 15 is 0 Å². The van der Waals surface area contributed by atoms with E-state index in [1.165, 1.54) is 12.8 Å². The normalized spacial score (nSPS) is 23.0. The first kappa shape index (κ1) is 12.9. The number of likely N-dealkylation sites (tertiary alicyclic amines) is 1. The average molecular weight is 289 g/mol. The summed E-state index contributed by atoms with van der Waals surface area (Å²) in [7, 11) is 0. The molecule has 1 unspecified atom stereocenters. The lowest BCUT2D eigenvalue weighted by atomic mass is 10.2. The Kier molecular flexibility index (Phi) is 3.21. The molecule has 1 saturated heterocycles. The van der Waals surface area contributed by atoms with Gasteiger partial charge in [-0.15, -0.1) is 0 Å². The van der Waals surface area contributed by atoms with Gasteiger partial charge in [-0.3, -0.25) is 4.90 Å². The Morgan fingerprint density at radius 3 is 2.57 bits per heavy atom. The molecule has 7 nitrogen and oxygen atoms in total. The summed E-state index contributed by atoms with van der Waals surface area (Å²) < 4.78 is 10.6. The van der Waals surface area contributed by atoms with E-state index < -0.39 is 0 Å². The van der Waals surface area contributed by atoms with Crippen molar-refractivity contribution in [1.29, 1.82) is 0 Å². The molecule has 0 aromatic carbocycles. The Labute approximate surface area is 122 Å². The lowest BCUT2D eigenvalue weighted by molar-refractivity contribution is 0.202. The molecule has 21 heavy (non-hydrogen) atoms. The molecule has 1 aliphatic carbocycles. The number of hydrogen-bond donors (Lipinski definition) is 0. The quantitative estimate of drug-likeness (QED) is 0.834. The maximum absolute atomic E-state index is 5.37. The molecule has 0 N–H and O–H groups in total. The van der Waals surface area contributed by atoms with Crippen molar-refractivity contribution in [2.75, 3.05) is 6.54 Å². The van der Waals surface area contributed by atoms with Gasteiger partial charge in [-0.25, -0.2) is 0 Å². The fourth-order valence-electron chi connectivity index (χ4n) is 2.87. The summed E-state index contributed by atoms with van der Waals surface area (Å²) in [6.07, 6.45) is 5.33. The van der Waals surface area contributed by atoms with Crippen molar-refractivity contribution >= 4 is 0 Å². The van der Waals surface area contributed by atoms with Crippen LogP contribution in [0.1, 0.15) is 68.0 Å². The fourth-order valence-corrected chi connectivity index (χ4v) is 2.87. The molecule has 1 aliphatic heterocycles. The standard InChI is InChI=1S/C14H19N5O2/c1-2-11-15-14(18-20-11)10-4-3-7-19(10)8-12-16-13(17-21-12)9-5-6-9/h9-10H,2-8H2,1H3. The number of rotatable bonds is 5. The maximum Gasteiger partial charge on any atom is 0.240 e. The summed E-state index contributed by atoms with van der Waals surface area (Å²) in [6, 6.07) is 0.199. The second kappa shape index (κ2) is 5.22. The number of aryl methyl sites for hydroxylation is 1. The zero-order valence-electron chi connectivity index (χ0n) is 12.2. The van der Waals surface area contributed by atoms with Crippen LogP contribution in [0.15, 0.2) is 9.05 Å². The molecule has 0 spiro atoms. The van der Waals surface area contributed by atoms with Gasteiger partial charge < -0.3 is 9.05 Å². The van der Waals surface area contributed by atoms with Crippen LogP contribution in [-0.2, 0) is 13.0 Å². The molecule has 1 saturated carbocycles. The third-order valence-corrected chi connectivity index (χ3v) is 4.21. The lowest BCUT2D eigenvalue weighted by Crippen LogP contribution is -2.23. The van der Waals surface area contributed by atoms with E-state index in [0.717, 1.165) is 37.5 Å². The zero-order chi connectivity index (χ0) is 14.2. The molecule has 2 aromatic heterocycles. The maximum atomic E-state index is 5.37. The van der Waals surface area contributed by atoms with Gasteiger partial charge in [0, 0.05) is 12.3 Å². The second-order valence-corrected chi connectivity index (χ2v) is 5.85. The molecular formula is C14H19N5O2. The van der Waals surface area contributed by atoms with Crippen molar-refractivity contribution in [3.05, 3.63) is 23.4 Å². The van der Waals surface area contributed by atoms with Crippen LogP contribution in [0.4, 0.5) is 0 Å². The number of hydrogen-bond acceptors (Lipinski definition) is 7. The van der Waals surface area contributed by atoms with Crippen molar-refractivity contribution in [1.82, 2.24) is 25.2 Å². The highest BCUT2D eigenvalue weighted by atomic mass is 16.5. The van der Waals surface area contributed by atoms with Crippen LogP contribution in [0.25, 0.3) is 0 Å². The van der Waals surface area contributed by atoms with Gasteiger partial charge in [-0.1, -0.05) is 17.2 Å². The van der Waals surface area contributed by atoms with E-state index in [1.54, 1.807) is 0 Å². The summed E-state index contributed by atoms with van der Waals surface area (Å²) in [5, 5.41) is 8.18. The summed E-state index contributed by atoms with van der Waals surface area (Å²) in [4.78, 5) is 11.3. The van der Waals surface area contributed by atoms with Crippen LogP contribution < -0.4 is 0 Å². The minimum atomic E-state index is 0.199. The lowest BCUT2D eigenvalue weighted by Gasteiger charge is -2.19. The predicted octanol–water partition coefficient (Wildman–Crippen LogP) is 2.23. The van der Waals surface area contributed by atoms with Gasteiger partial charge in [0.2, 0.25) is 11.8 Å². The van der Waals surface area contributed by atoms with Crippen molar-refractivity contribution < 1.29 is 9.05 Å². The molecule has 112 valence electrons. The zero-order valence-corrected chi connectivity index (χ0v) is 12.2. The van der Waals surface area contributed by atoms with Crippen LogP contribution in [0.2, 0.25) is 0 Å². The van der Waals surface area contributed by atoms with Gasteiger partial charge in [0.15, 0.2) is 11.6 Å². The van der Waals surface area contributed by atoms with Crippen LogP contribution >= 0.6 is 0 Å². The van der Waals surface area contributed by atoms with Crippen LogP contribution in [0.5, 0.6) is 0 Å². The van der Waals surface area contributed by atoms with Crippen molar-refractivity contribution in [2.45, 2.75) is 57.5 Å². The summed E-state index contributed by atoms with van der Waals surface area (Å²) in [6.45, 7) is 3.68. The predicted molar refractivity (Wildman–Crippen MR) is 72.3 cm³/mol. The first-order valence-electron chi connectivity index (χ1n) is 7.72. The first-order valence-corrected chi connectivity index (χ1v) is 7.72. The third-order valence-electron chi connectivity index (χ3n) is 4.21. The minimum absolute atomic E-state index is 0.199. The van der Waals surface area contributed by atoms with Gasteiger partial charge in [-0.2, -0.15) is 9.97 Å². The Morgan fingerprint density at radius 2 is 1.81 bits per heavy atom. The van der Waals surface area contributed by atoms with E-state index in [4.69, 9.17) is 9.05 Å². The molecule has 2 aromatic rings. The molecule has 2 fully saturated rings. The highest BCUT2D eigenvalue weighted by molar-refractivity contribution is 5.04. The van der Waals surface area contributed by atoms with Crippen LogP contribution in [0.3, 0.4) is 0 Å². The summed E-state index contributed by atoms with van der Waals surface area (Å²) in [5.74, 6) is 3.58. The highest BCUT2D eigenvalue weighted by Crippen LogP contribution is 2.38. The Balaban J connectivity index is 1.47. The first-order chi connectivity index (χ1) is 10.3. The molecular weight excluding hydrogens is 270 g/mol. The van der Waals surface area contributed by atoms with E-state index in [0.29, 0.717) is 24.2 Å². The Hall–Kier alpha value is -1.76.